The van der Waals surface area contributed by atoms with Crippen molar-refractivity contribution in [1.29, 1.82) is 0 Å². The van der Waals surface area contributed by atoms with Crippen molar-refractivity contribution in [2.75, 3.05) is 13.2 Å². The largest absolute Gasteiger partial charge is 0.377 e. The lowest BCUT2D eigenvalue weighted by Crippen LogP contribution is -2.33. The topological polar surface area (TPSA) is 21.3 Å². The van der Waals surface area contributed by atoms with Crippen molar-refractivity contribution in [3.63, 3.8) is 0 Å². The van der Waals surface area contributed by atoms with E-state index in [9.17, 15) is 4.39 Å². The number of hydrogen-bond acceptors (Lipinski definition) is 2. The molecule has 1 N–H and O–H groups in total. The molecule has 2 unspecified atom stereocenters. The van der Waals surface area contributed by atoms with Gasteiger partial charge in [0.15, 0.2) is 0 Å². The molecule has 0 spiro atoms. The Hall–Kier alpha value is -0.930. The van der Waals surface area contributed by atoms with Gasteiger partial charge in [0.25, 0.3) is 0 Å². The molecule has 0 radical (unpaired) electrons. The molecule has 1 aromatic carbocycles. The Balaban J connectivity index is 2.90. The van der Waals surface area contributed by atoms with E-state index in [1.54, 1.807) is 12.1 Å². The van der Waals surface area contributed by atoms with Gasteiger partial charge in [-0.2, -0.15) is 0 Å². The lowest BCUT2D eigenvalue weighted by Gasteiger charge is -2.27. The van der Waals surface area contributed by atoms with E-state index in [4.69, 9.17) is 4.74 Å². The lowest BCUT2D eigenvalue weighted by atomic mass is 9.99. The van der Waals surface area contributed by atoms with Gasteiger partial charge in [-0.25, -0.2) is 4.39 Å². The smallest absolute Gasteiger partial charge is 0.123 e. The van der Waals surface area contributed by atoms with Crippen LogP contribution in [0.2, 0.25) is 0 Å². The quantitative estimate of drug-likeness (QED) is 0.788. The number of benzene rings is 1. The van der Waals surface area contributed by atoms with E-state index in [-0.39, 0.29) is 18.0 Å². The summed E-state index contributed by atoms with van der Waals surface area (Å²) in [5, 5.41) is 3.37. The highest BCUT2D eigenvalue weighted by Gasteiger charge is 2.21. The molecule has 2 nitrogen and oxygen atoms in total. The molecule has 1 aromatic rings. The highest BCUT2D eigenvalue weighted by Crippen LogP contribution is 2.22. The van der Waals surface area contributed by atoms with Crippen LogP contribution in [0.1, 0.15) is 38.8 Å². The average molecular weight is 239 g/mol. The van der Waals surface area contributed by atoms with Gasteiger partial charge in [-0.1, -0.05) is 26.0 Å². The van der Waals surface area contributed by atoms with E-state index < -0.39 is 0 Å². The molecule has 0 aliphatic heterocycles. The van der Waals surface area contributed by atoms with Crippen LogP contribution in [-0.2, 0) is 4.74 Å². The maximum Gasteiger partial charge on any atom is 0.123 e. The van der Waals surface area contributed by atoms with Gasteiger partial charge in [-0.15, -0.1) is 0 Å². The van der Waals surface area contributed by atoms with Crippen LogP contribution in [0.25, 0.3) is 0 Å². The van der Waals surface area contributed by atoms with Crippen LogP contribution in [0.5, 0.6) is 0 Å². The summed E-state index contributed by atoms with van der Waals surface area (Å²) >= 11 is 0. The molecule has 0 saturated heterocycles. The number of halogens is 1. The third kappa shape index (κ3) is 4.10. The zero-order valence-electron chi connectivity index (χ0n) is 10.9. The standard InChI is InChI=1S/C14H22FNO/c1-4-13(17-6-3)14(16-5-2)11-8-7-9-12(15)10-11/h7-10,13-14,16H,4-6H2,1-3H3. The average Bonchev–Trinajstić information content (AvgIpc) is 2.33. The molecular formula is C14H22FNO. The van der Waals surface area contributed by atoms with Gasteiger partial charge in [0.1, 0.15) is 5.82 Å². The minimum absolute atomic E-state index is 0.0562. The first-order valence-corrected chi connectivity index (χ1v) is 6.33. The van der Waals surface area contributed by atoms with Crippen molar-refractivity contribution in [2.24, 2.45) is 0 Å². The van der Waals surface area contributed by atoms with Crippen molar-refractivity contribution >= 4 is 0 Å². The molecule has 1 rings (SSSR count). The van der Waals surface area contributed by atoms with Crippen LogP contribution >= 0.6 is 0 Å². The fourth-order valence-electron chi connectivity index (χ4n) is 2.05. The lowest BCUT2D eigenvalue weighted by molar-refractivity contribution is 0.0317. The zero-order valence-corrected chi connectivity index (χ0v) is 10.9. The Morgan fingerprint density at radius 3 is 2.59 bits per heavy atom. The Bertz CT molecular complexity index is 330. The third-order valence-corrected chi connectivity index (χ3v) is 2.79. The van der Waals surface area contributed by atoms with Gasteiger partial charge < -0.3 is 10.1 Å². The highest BCUT2D eigenvalue weighted by atomic mass is 19.1. The Morgan fingerprint density at radius 2 is 2.06 bits per heavy atom. The molecule has 0 heterocycles. The summed E-state index contributed by atoms with van der Waals surface area (Å²) < 4.78 is 19.0. The predicted molar refractivity (Wildman–Crippen MR) is 68.5 cm³/mol. The summed E-state index contributed by atoms with van der Waals surface area (Å²) in [4.78, 5) is 0. The van der Waals surface area contributed by atoms with Gasteiger partial charge in [0, 0.05) is 6.61 Å². The van der Waals surface area contributed by atoms with E-state index in [2.05, 4.69) is 12.2 Å². The van der Waals surface area contributed by atoms with Crippen LogP contribution in [0.4, 0.5) is 4.39 Å². The van der Waals surface area contributed by atoms with Crippen LogP contribution in [-0.4, -0.2) is 19.3 Å². The monoisotopic (exact) mass is 239 g/mol. The second-order valence-electron chi connectivity index (χ2n) is 3.99. The van der Waals surface area contributed by atoms with Crippen molar-refractivity contribution in [3.8, 4) is 0 Å². The molecule has 0 aliphatic rings. The fourth-order valence-corrected chi connectivity index (χ4v) is 2.05. The number of likely N-dealkylation sites (N-methyl/N-ethyl adjacent to an activating group) is 1. The molecule has 0 bridgehead atoms. The molecule has 0 aromatic heterocycles. The first-order valence-electron chi connectivity index (χ1n) is 6.33. The Morgan fingerprint density at radius 1 is 1.29 bits per heavy atom. The first-order chi connectivity index (χ1) is 8.22. The maximum absolute atomic E-state index is 13.3. The summed E-state index contributed by atoms with van der Waals surface area (Å²) in [7, 11) is 0. The summed E-state index contributed by atoms with van der Waals surface area (Å²) in [6, 6.07) is 6.79. The molecule has 96 valence electrons. The number of ether oxygens (including phenoxy) is 1. The SMILES string of the molecule is CCNC(c1cccc(F)c1)C(CC)OCC. The van der Waals surface area contributed by atoms with Crippen molar-refractivity contribution in [1.82, 2.24) is 5.32 Å². The van der Waals surface area contributed by atoms with E-state index in [1.807, 2.05) is 19.9 Å². The number of rotatable bonds is 7. The molecule has 2 atom stereocenters. The fraction of sp³-hybridized carbons (Fsp3) is 0.571. The van der Waals surface area contributed by atoms with E-state index in [0.717, 1.165) is 18.5 Å². The molecule has 0 aliphatic carbocycles. The summed E-state index contributed by atoms with van der Waals surface area (Å²) in [6.45, 7) is 7.63. The van der Waals surface area contributed by atoms with Gasteiger partial charge >= 0.3 is 0 Å². The summed E-state index contributed by atoms with van der Waals surface area (Å²) in [6.07, 6.45) is 0.990. The normalized spacial score (nSPS) is 14.6. The molecule has 0 fully saturated rings. The van der Waals surface area contributed by atoms with Gasteiger partial charge in [0.2, 0.25) is 0 Å². The van der Waals surface area contributed by atoms with Gasteiger partial charge in [-0.3, -0.25) is 0 Å². The zero-order chi connectivity index (χ0) is 12.7. The van der Waals surface area contributed by atoms with Crippen molar-refractivity contribution < 1.29 is 9.13 Å². The minimum atomic E-state index is -0.197. The van der Waals surface area contributed by atoms with Crippen molar-refractivity contribution in [2.45, 2.75) is 39.3 Å². The molecular weight excluding hydrogens is 217 g/mol. The molecule has 0 amide bonds. The van der Waals surface area contributed by atoms with Crippen LogP contribution in [0, 0.1) is 5.82 Å². The van der Waals surface area contributed by atoms with Crippen LogP contribution < -0.4 is 5.32 Å². The van der Waals surface area contributed by atoms with Gasteiger partial charge in [-0.05, 0) is 37.6 Å². The summed E-state index contributed by atoms with van der Waals surface area (Å²) in [5.74, 6) is -0.197. The number of nitrogens with one attached hydrogen (secondary N) is 1. The first kappa shape index (κ1) is 14.1. The summed E-state index contributed by atoms with van der Waals surface area (Å²) in [5.41, 5.74) is 0.951. The minimum Gasteiger partial charge on any atom is -0.377 e. The molecule has 17 heavy (non-hydrogen) atoms. The van der Waals surface area contributed by atoms with E-state index in [0.29, 0.717) is 6.61 Å². The van der Waals surface area contributed by atoms with E-state index in [1.165, 1.54) is 6.07 Å². The molecule has 3 heteroatoms. The van der Waals surface area contributed by atoms with E-state index >= 15 is 0 Å². The molecule has 0 saturated carbocycles. The number of hydrogen-bond donors (Lipinski definition) is 1. The second-order valence-corrected chi connectivity index (χ2v) is 3.99. The van der Waals surface area contributed by atoms with Gasteiger partial charge in [0.05, 0.1) is 12.1 Å². The highest BCUT2D eigenvalue weighted by molar-refractivity contribution is 5.21. The Labute approximate surface area is 103 Å². The predicted octanol–water partition coefficient (Wildman–Crippen LogP) is 3.29. The second kappa shape index (κ2) is 7.41. The van der Waals surface area contributed by atoms with Crippen LogP contribution in [0.15, 0.2) is 24.3 Å². The Kier molecular flexibility index (Phi) is 6.16. The van der Waals surface area contributed by atoms with Crippen LogP contribution in [0.3, 0.4) is 0 Å². The van der Waals surface area contributed by atoms with Crippen molar-refractivity contribution in [3.05, 3.63) is 35.6 Å². The third-order valence-electron chi connectivity index (χ3n) is 2.79. The maximum atomic E-state index is 13.3.